The Kier molecular flexibility index (Phi) is 16.3. The molecule has 0 aliphatic carbocycles. The van der Waals surface area contributed by atoms with Crippen molar-refractivity contribution >= 4 is 66.7 Å². The number of H-pyrrole nitrogens is 2. The second-order valence-electron chi connectivity index (χ2n) is 18.0. The third kappa shape index (κ3) is 11.0. The summed E-state index contributed by atoms with van der Waals surface area (Å²) in [6.45, 7) is 16.2. The van der Waals surface area contributed by atoms with Crippen LogP contribution in [0, 0.1) is 3.57 Å². The van der Waals surface area contributed by atoms with E-state index in [0.717, 1.165) is 124 Å². The molecule has 2 aliphatic rings. The molecule has 8 bridgehead atoms. The van der Waals surface area contributed by atoms with E-state index in [-0.39, 0.29) is 0 Å². The number of hydrogen-bond acceptors (Lipinski definition) is 12. The maximum absolute atomic E-state index is 6.48. The van der Waals surface area contributed by atoms with Gasteiger partial charge in [0.05, 0.1) is 39.6 Å². The van der Waals surface area contributed by atoms with Gasteiger partial charge in [0.25, 0.3) is 0 Å². The van der Waals surface area contributed by atoms with E-state index in [9.17, 15) is 0 Å². The van der Waals surface area contributed by atoms with Crippen molar-refractivity contribution in [1.29, 1.82) is 0 Å². The Labute approximate surface area is 429 Å². The zero-order chi connectivity index (χ0) is 49.3. The molecule has 2 aliphatic heterocycles. The summed E-state index contributed by atoms with van der Waals surface area (Å²) in [7, 11) is 0. The molecule has 2 N–H and O–H groups in total. The van der Waals surface area contributed by atoms with Gasteiger partial charge in [-0.3, -0.25) is 0 Å². The summed E-state index contributed by atoms with van der Waals surface area (Å²) in [5.74, 6) is 5.75. The topological polar surface area (TPSA) is 164 Å². The average Bonchev–Trinajstić information content (AvgIpc) is 4.09. The monoisotopic (exact) mass is 1070 g/mol. The van der Waals surface area contributed by atoms with Crippen LogP contribution >= 0.6 is 22.6 Å². The molecule has 0 atom stereocenters. The van der Waals surface area contributed by atoms with E-state index < -0.39 is 0 Å². The zero-order valence-electron chi connectivity index (χ0n) is 41.9. The van der Waals surface area contributed by atoms with Crippen molar-refractivity contribution in [1.82, 2.24) is 39.9 Å². The highest BCUT2D eigenvalue weighted by molar-refractivity contribution is 14.1. The van der Waals surface area contributed by atoms with Crippen molar-refractivity contribution in [3.8, 4) is 80.0 Å². The third-order valence-corrected chi connectivity index (χ3v) is 13.2. The Morgan fingerprint density at radius 3 is 0.901 bits per heavy atom. The van der Waals surface area contributed by atoms with Crippen LogP contribution in [0.4, 0.5) is 0 Å². The van der Waals surface area contributed by atoms with Crippen LogP contribution in [0.25, 0.3) is 89.7 Å². The Morgan fingerprint density at radius 1 is 0.338 bits per heavy atom. The summed E-state index contributed by atoms with van der Waals surface area (Å²) in [4.78, 5) is 39.1. The molecule has 0 fully saturated rings. The van der Waals surface area contributed by atoms with E-state index in [4.69, 9.17) is 58.3 Å². The molecule has 372 valence electrons. The fourth-order valence-corrected chi connectivity index (χ4v) is 8.91. The van der Waals surface area contributed by atoms with Gasteiger partial charge in [-0.05, 0) is 116 Å². The number of halogens is 1. The Hall–Kier alpha value is -6.23. The fourth-order valence-electron chi connectivity index (χ4n) is 8.42. The van der Waals surface area contributed by atoms with Gasteiger partial charge in [0.1, 0.15) is 22.6 Å². The van der Waals surface area contributed by atoms with Gasteiger partial charge in [-0.15, -0.1) is 0 Å². The van der Waals surface area contributed by atoms with Crippen LogP contribution in [-0.4, -0.2) is 79.5 Å². The summed E-state index contributed by atoms with van der Waals surface area (Å²) < 4.78 is 39.8. The number of rotatable bonds is 24. The Balaban J connectivity index is 1.39. The maximum Gasteiger partial charge on any atom is 0.164 e. The minimum Gasteiger partial charge on any atom is -0.490 e. The fraction of sp³-hybridized carbons (Fsp3) is 0.429. The van der Waals surface area contributed by atoms with E-state index >= 15 is 0 Å². The van der Waals surface area contributed by atoms with Crippen LogP contribution in [0.2, 0.25) is 0 Å². The predicted molar refractivity (Wildman–Crippen MR) is 291 cm³/mol. The van der Waals surface area contributed by atoms with Gasteiger partial charge in [-0.25, -0.2) is 29.9 Å². The molecule has 0 saturated heterocycles. The molecule has 0 unspecified atom stereocenters. The minimum absolute atomic E-state index is 0.447. The lowest BCUT2D eigenvalue weighted by molar-refractivity contribution is 0.262. The zero-order valence-corrected chi connectivity index (χ0v) is 44.1. The van der Waals surface area contributed by atoms with Crippen LogP contribution in [0.1, 0.15) is 119 Å². The van der Waals surface area contributed by atoms with Gasteiger partial charge in [-0.1, -0.05) is 80.1 Å². The number of ether oxygens (including phenoxy) is 6. The Bertz CT molecular complexity index is 3190. The smallest absolute Gasteiger partial charge is 0.164 e. The highest BCUT2D eigenvalue weighted by Gasteiger charge is 2.26. The number of aromatic amines is 2. The highest BCUT2D eigenvalue weighted by Crippen LogP contribution is 2.45. The normalized spacial score (nSPS) is 11.8. The van der Waals surface area contributed by atoms with Gasteiger partial charge in [0.15, 0.2) is 57.8 Å². The summed E-state index contributed by atoms with van der Waals surface area (Å²) in [6, 6.07) is 18.3. The molecule has 0 amide bonds. The first kappa shape index (κ1) is 49.7. The van der Waals surface area contributed by atoms with Crippen molar-refractivity contribution in [2.24, 2.45) is 0 Å². The highest BCUT2D eigenvalue weighted by atomic mass is 127. The van der Waals surface area contributed by atoms with Crippen LogP contribution in [0.15, 0.2) is 54.6 Å². The van der Waals surface area contributed by atoms with Gasteiger partial charge >= 0.3 is 0 Å². The van der Waals surface area contributed by atoms with Gasteiger partial charge in [0, 0.05) is 47.4 Å². The van der Waals surface area contributed by atoms with Crippen LogP contribution < -0.4 is 28.4 Å². The van der Waals surface area contributed by atoms with Crippen molar-refractivity contribution in [3.63, 3.8) is 0 Å². The number of aromatic nitrogens is 8. The average molecular weight is 1070 g/mol. The van der Waals surface area contributed by atoms with Crippen LogP contribution in [-0.2, 0) is 0 Å². The molecule has 15 heteroatoms. The molecule has 0 saturated carbocycles. The van der Waals surface area contributed by atoms with E-state index in [2.05, 4.69) is 92.3 Å². The molecule has 5 heterocycles. The van der Waals surface area contributed by atoms with Crippen molar-refractivity contribution in [2.75, 3.05) is 39.6 Å². The molecule has 7 aromatic rings. The van der Waals surface area contributed by atoms with Gasteiger partial charge in [-0.2, -0.15) is 0 Å². The van der Waals surface area contributed by atoms with Crippen LogP contribution in [0.3, 0.4) is 0 Å². The minimum atomic E-state index is 0.447. The summed E-state index contributed by atoms with van der Waals surface area (Å²) in [5.41, 5.74) is 5.42. The number of nitrogens with one attached hydrogen (secondary N) is 2. The lowest BCUT2D eigenvalue weighted by atomic mass is 10.1. The molecule has 14 nitrogen and oxygen atoms in total. The third-order valence-electron chi connectivity index (χ3n) is 12.5. The lowest BCUT2D eigenvalue weighted by Gasteiger charge is -2.14. The molecule has 71 heavy (non-hydrogen) atoms. The first-order chi connectivity index (χ1) is 34.8. The Morgan fingerprint density at radius 2 is 0.606 bits per heavy atom. The number of benzene rings is 4. The maximum atomic E-state index is 6.48. The van der Waals surface area contributed by atoms with Crippen LogP contribution in [0.5, 0.6) is 34.5 Å². The predicted octanol–water partition coefficient (Wildman–Crippen LogP) is 14.5. The van der Waals surface area contributed by atoms with Crippen molar-refractivity contribution in [2.45, 2.75) is 119 Å². The quantitative estimate of drug-likeness (QED) is 0.0435. The summed E-state index contributed by atoms with van der Waals surface area (Å²) in [6.07, 6.45) is 11.4. The number of fused-ring (bicyclic) bond motifs is 20. The molecule has 0 radical (unpaired) electrons. The molecule has 0 spiro atoms. The molecule has 4 aromatic carbocycles. The number of nitrogens with zero attached hydrogens (tertiary/aromatic N) is 6. The van der Waals surface area contributed by atoms with E-state index in [1.54, 1.807) is 0 Å². The van der Waals surface area contributed by atoms with E-state index in [0.29, 0.717) is 120 Å². The number of unbranched alkanes of at least 4 members (excludes halogenated alkanes) is 6. The number of hydrogen-bond donors (Lipinski definition) is 2. The molecular weight excluding hydrogens is 1010 g/mol. The van der Waals surface area contributed by atoms with Crippen molar-refractivity contribution < 1.29 is 28.4 Å². The first-order valence-electron chi connectivity index (χ1n) is 25.8. The lowest BCUT2D eigenvalue weighted by Crippen LogP contribution is -2.03. The molecule has 3 aromatic heterocycles. The van der Waals surface area contributed by atoms with E-state index in [1.165, 1.54) is 0 Å². The molecule has 9 rings (SSSR count). The molecular formula is C56H65IN8O6. The van der Waals surface area contributed by atoms with E-state index in [1.807, 2.05) is 36.4 Å². The SMILES string of the molecule is CCCCOc1cc2c(cc1OCCCC)-c1nc-2nc2[nH]c(nc3nc(nc4[nH]c(n1)c1cc(OCCCC)c(OCCCC)cc41)-c1cc(I)ccc1-3)c1cc(OCCCC)c(OCCCC)cc21. The second kappa shape index (κ2) is 23.3. The van der Waals surface area contributed by atoms with Gasteiger partial charge < -0.3 is 38.4 Å². The first-order valence-corrected chi connectivity index (χ1v) is 26.9. The van der Waals surface area contributed by atoms with Crippen molar-refractivity contribution in [3.05, 3.63) is 58.2 Å². The summed E-state index contributed by atoms with van der Waals surface area (Å²) in [5, 5.41) is 3.17. The largest absolute Gasteiger partial charge is 0.490 e. The van der Waals surface area contributed by atoms with Gasteiger partial charge in [0.2, 0.25) is 0 Å². The summed E-state index contributed by atoms with van der Waals surface area (Å²) >= 11 is 2.34. The second-order valence-corrected chi connectivity index (χ2v) is 19.3. The standard InChI is InChI=1S/C56H65IN8O6/c1-7-13-21-66-43-28-37-38(29-44(43)67-22-14-8-2)53-61-51(37)59-49-35-20-19-34(57)27-36(35)50(58-49)60-52-39-30-45(68-23-15-9-3)46(69-24-16-10-4)31-40(39)54(62-52)64-56-42-33-48(71-26-18-12-6)47(70-25-17-11-5)32-41(42)55(63-53)65-56/h19-20,27-33H,7-18,21-26H2,1-6H3,(H2,58,59,60,61,62,63,64,65).